The molecule has 2 rings (SSSR count). The van der Waals surface area contributed by atoms with Gasteiger partial charge in [-0.2, -0.15) is 0 Å². The molecule has 0 atom stereocenters. The summed E-state index contributed by atoms with van der Waals surface area (Å²) < 4.78 is 14.8. The van der Waals surface area contributed by atoms with Crippen LogP contribution in [0.1, 0.15) is 0 Å². The van der Waals surface area contributed by atoms with Gasteiger partial charge in [0.2, 0.25) is 0 Å². The largest absolute Gasteiger partial charge is 0.497 e. The Hall–Kier alpha value is -2.73. The fraction of sp³-hybridized carbons (Fsp3) is 0.176. The van der Waals surface area contributed by atoms with Gasteiger partial charge in [-0.05, 0) is 24.3 Å². The Morgan fingerprint density at radius 2 is 1.75 bits per heavy atom. The molecule has 0 N–H and O–H groups in total. The average Bonchev–Trinajstić information content (AvgIpc) is 2.83. The maximum Gasteiger partial charge on any atom is 0.355 e. The molecular formula is C17H16ClNO5. The summed E-state index contributed by atoms with van der Waals surface area (Å²) in [4.78, 5) is 25.9. The molecule has 0 fully saturated rings. The van der Waals surface area contributed by atoms with E-state index in [4.69, 9.17) is 25.8 Å². The molecule has 0 saturated heterocycles. The van der Waals surface area contributed by atoms with E-state index in [1.54, 1.807) is 36.6 Å². The number of nitrogens with zero attached hydrogens (tertiary/aromatic N) is 1. The summed E-state index contributed by atoms with van der Waals surface area (Å²) >= 11 is 6.27. The lowest BCUT2D eigenvalue weighted by Crippen LogP contribution is -2.27. The summed E-state index contributed by atoms with van der Waals surface area (Å²) in [6, 6.07) is 4.97. The Balaban J connectivity index is 2.70. The quantitative estimate of drug-likeness (QED) is 0.779. The predicted octanol–water partition coefficient (Wildman–Crippen LogP) is 2.84. The third-order valence-corrected chi connectivity index (χ3v) is 3.62. The number of anilines is 1. The first kappa shape index (κ1) is 17.6. The minimum atomic E-state index is -0.703. The number of halogens is 1. The normalized spacial score (nSPS) is 13.6. The molecule has 0 aromatic heterocycles. The van der Waals surface area contributed by atoms with Gasteiger partial charge in [0.1, 0.15) is 11.4 Å². The van der Waals surface area contributed by atoms with E-state index >= 15 is 0 Å². The topological polar surface area (TPSA) is 65.1 Å². The lowest BCUT2D eigenvalue weighted by atomic mass is 10.1. The molecule has 7 heteroatoms. The molecule has 126 valence electrons. The fourth-order valence-electron chi connectivity index (χ4n) is 2.16. The molecule has 0 bridgehead atoms. The third kappa shape index (κ3) is 3.44. The van der Waals surface area contributed by atoms with E-state index in [0.717, 1.165) is 0 Å². The van der Waals surface area contributed by atoms with Crippen LogP contribution in [0.2, 0.25) is 5.02 Å². The second-order valence-electron chi connectivity index (χ2n) is 4.63. The molecule has 1 aliphatic heterocycles. The van der Waals surface area contributed by atoms with Crippen LogP contribution < -0.4 is 9.64 Å². The number of benzene rings is 1. The summed E-state index contributed by atoms with van der Waals surface area (Å²) in [5.74, 6) is -0.825. The zero-order chi connectivity index (χ0) is 17.7. The molecule has 6 nitrogen and oxygen atoms in total. The first-order chi connectivity index (χ1) is 11.5. The van der Waals surface area contributed by atoms with Crippen molar-refractivity contribution in [2.24, 2.45) is 0 Å². The average molecular weight is 350 g/mol. The lowest BCUT2D eigenvalue weighted by molar-refractivity contribution is -0.139. The van der Waals surface area contributed by atoms with Crippen molar-refractivity contribution >= 4 is 29.2 Å². The smallest absolute Gasteiger partial charge is 0.355 e. The van der Waals surface area contributed by atoms with E-state index in [0.29, 0.717) is 16.5 Å². The third-order valence-electron chi connectivity index (χ3n) is 3.30. The lowest BCUT2D eigenvalue weighted by Gasteiger charge is -2.24. The van der Waals surface area contributed by atoms with Gasteiger partial charge in [0.15, 0.2) is 0 Å². The number of carbonyl (C=O) groups excluding carboxylic acids is 2. The number of ether oxygens (including phenoxy) is 3. The summed E-state index contributed by atoms with van der Waals surface area (Å²) in [5, 5.41) is 0.368. The Labute approximate surface area is 144 Å². The van der Waals surface area contributed by atoms with Crippen molar-refractivity contribution in [3.8, 4) is 5.75 Å². The molecule has 0 saturated carbocycles. The van der Waals surface area contributed by atoms with Crippen molar-refractivity contribution in [3.05, 3.63) is 58.9 Å². The minimum Gasteiger partial charge on any atom is -0.497 e. The number of hydrogen-bond acceptors (Lipinski definition) is 6. The van der Waals surface area contributed by atoms with Crippen LogP contribution in [0.5, 0.6) is 5.75 Å². The van der Waals surface area contributed by atoms with Gasteiger partial charge in [-0.1, -0.05) is 17.7 Å². The molecule has 24 heavy (non-hydrogen) atoms. The summed E-state index contributed by atoms with van der Waals surface area (Å²) in [6.45, 7) is 0. The van der Waals surface area contributed by atoms with Crippen molar-refractivity contribution in [2.45, 2.75) is 0 Å². The van der Waals surface area contributed by atoms with E-state index in [9.17, 15) is 9.59 Å². The molecule has 1 heterocycles. The molecule has 0 aliphatic carbocycles. The van der Waals surface area contributed by atoms with Crippen LogP contribution in [0.25, 0.3) is 0 Å². The van der Waals surface area contributed by atoms with Crippen molar-refractivity contribution in [1.82, 2.24) is 0 Å². The van der Waals surface area contributed by atoms with Crippen LogP contribution >= 0.6 is 11.6 Å². The molecule has 1 aliphatic rings. The van der Waals surface area contributed by atoms with Crippen LogP contribution in [-0.4, -0.2) is 33.3 Å². The SMILES string of the molecule is COC(=O)C1=C(C(=O)OC)N(c2cc(OC)ccc2Cl)C=CC=C1. The van der Waals surface area contributed by atoms with E-state index in [2.05, 4.69) is 0 Å². The van der Waals surface area contributed by atoms with Gasteiger partial charge in [0.25, 0.3) is 0 Å². The number of rotatable bonds is 4. The summed E-state index contributed by atoms with van der Waals surface area (Å²) in [7, 11) is 3.98. The van der Waals surface area contributed by atoms with Crippen LogP contribution in [0.3, 0.4) is 0 Å². The molecule has 1 aromatic carbocycles. The number of hydrogen-bond donors (Lipinski definition) is 0. The Bertz CT molecular complexity index is 751. The van der Waals surface area contributed by atoms with Crippen molar-refractivity contribution in [3.63, 3.8) is 0 Å². The Morgan fingerprint density at radius 3 is 2.38 bits per heavy atom. The Morgan fingerprint density at radius 1 is 1.04 bits per heavy atom. The number of allylic oxidation sites excluding steroid dienone is 2. The minimum absolute atomic E-state index is 0.00972. The maximum atomic E-state index is 12.3. The second kappa shape index (κ2) is 7.70. The van der Waals surface area contributed by atoms with E-state index in [1.807, 2.05) is 0 Å². The van der Waals surface area contributed by atoms with Crippen molar-refractivity contribution in [2.75, 3.05) is 26.2 Å². The summed E-state index contributed by atoms with van der Waals surface area (Å²) in [5.41, 5.74) is 0.496. The van der Waals surface area contributed by atoms with E-state index in [1.165, 1.54) is 32.3 Å². The molecule has 0 radical (unpaired) electrons. The zero-order valence-corrected chi connectivity index (χ0v) is 14.2. The standard InChI is InChI=1S/C17H16ClNO5/c1-22-11-7-8-13(18)14(10-11)19-9-5-4-6-12(16(20)23-2)15(19)17(21)24-3/h4-10H,1-3H3. The first-order valence-electron chi connectivity index (χ1n) is 6.92. The highest BCUT2D eigenvalue weighted by Crippen LogP contribution is 2.34. The van der Waals surface area contributed by atoms with E-state index < -0.39 is 11.9 Å². The number of carbonyl (C=O) groups is 2. The van der Waals surface area contributed by atoms with Gasteiger partial charge in [-0.25, -0.2) is 9.59 Å². The predicted molar refractivity (Wildman–Crippen MR) is 89.8 cm³/mol. The molecule has 1 aromatic rings. The van der Waals surface area contributed by atoms with Gasteiger partial charge < -0.3 is 19.1 Å². The van der Waals surface area contributed by atoms with Crippen LogP contribution in [0.15, 0.2) is 53.9 Å². The van der Waals surface area contributed by atoms with Crippen LogP contribution in [0.4, 0.5) is 5.69 Å². The summed E-state index contributed by atoms with van der Waals surface area (Å²) in [6.07, 6.45) is 6.35. The van der Waals surface area contributed by atoms with Gasteiger partial charge in [-0.3, -0.25) is 0 Å². The van der Waals surface area contributed by atoms with Crippen molar-refractivity contribution in [1.29, 1.82) is 0 Å². The molecule has 0 spiro atoms. The Kier molecular flexibility index (Phi) is 5.65. The van der Waals surface area contributed by atoms with Gasteiger partial charge in [0, 0.05) is 12.3 Å². The zero-order valence-electron chi connectivity index (χ0n) is 13.4. The molecular weight excluding hydrogens is 334 g/mol. The highest BCUT2D eigenvalue weighted by atomic mass is 35.5. The molecule has 0 amide bonds. The fourth-order valence-corrected chi connectivity index (χ4v) is 2.36. The van der Waals surface area contributed by atoms with Gasteiger partial charge in [0.05, 0.1) is 37.6 Å². The van der Waals surface area contributed by atoms with Crippen LogP contribution in [-0.2, 0) is 19.1 Å². The first-order valence-corrected chi connectivity index (χ1v) is 7.29. The van der Waals surface area contributed by atoms with Gasteiger partial charge >= 0.3 is 11.9 Å². The highest BCUT2D eigenvalue weighted by Gasteiger charge is 2.28. The maximum absolute atomic E-state index is 12.3. The van der Waals surface area contributed by atoms with Crippen molar-refractivity contribution < 1.29 is 23.8 Å². The highest BCUT2D eigenvalue weighted by molar-refractivity contribution is 6.33. The molecule has 0 unspecified atom stereocenters. The van der Waals surface area contributed by atoms with Gasteiger partial charge in [-0.15, -0.1) is 0 Å². The monoisotopic (exact) mass is 349 g/mol. The number of esters is 2. The second-order valence-corrected chi connectivity index (χ2v) is 5.04. The number of methoxy groups -OCH3 is 3. The van der Waals surface area contributed by atoms with Crippen LogP contribution in [0, 0.1) is 0 Å². The van der Waals surface area contributed by atoms with E-state index in [-0.39, 0.29) is 11.3 Å².